The highest BCUT2D eigenvalue weighted by Gasteiger charge is 2.34. The van der Waals surface area contributed by atoms with Crippen LogP contribution in [-0.2, 0) is 12.7 Å². The molecule has 190 valence electrons. The Kier molecular flexibility index (Phi) is 7.73. The molecule has 4 rings (SSSR count). The number of carbonyl (C=O) groups excluding carboxylic acids is 1. The zero-order valence-corrected chi connectivity index (χ0v) is 20.0. The van der Waals surface area contributed by atoms with E-state index in [1.165, 1.54) is 30.5 Å². The molecule has 3 aromatic rings. The normalized spacial score (nSPS) is 14.4. The average Bonchev–Trinajstić information content (AvgIpc) is 2.81. The Morgan fingerprint density at radius 1 is 1.11 bits per heavy atom. The van der Waals surface area contributed by atoms with Gasteiger partial charge in [0.05, 0.1) is 23.4 Å². The lowest BCUT2D eigenvalue weighted by Gasteiger charge is -2.41. The first-order valence-electron chi connectivity index (χ1n) is 11.7. The standard InChI is InChI=1S/C26H28F3N5O2/c1-17(2)34-14-19(15-34)16-36-23-12-18(9-11-30-23)13-32-24-20(6-5-10-31-24)25(35)33-22-8-4-3-7-21(22)26(27,28)29/h3-12,17,19H,13-16H2,1-2H3,(H,31,32)(H,33,35). The number of nitrogens with zero attached hydrogens (tertiary/aromatic N) is 3. The number of alkyl halides is 3. The van der Waals surface area contributed by atoms with E-state index < -0.39 is 17.6 Å². The van der Waals surface area contributed by atoms with Crippen molar-refractivity contribution in [3.8, 4) is 5.88 Å². The number of halogens is 3. The van der Waals surface area contributed by atoms with Gasteiger partial charge in [-0.2, -0.15) is 13.2 Å². The molecular formula is C26H28F3N5O2. The lowest BCUT2D eigenvalue weighted by molar-refractivity contribution is -0.136. The third-order valence-corrected chi connectivity index (χ3v) is 5.97. The van der Waals surface area contributed by atoms with E-state index in [-0.39, 0.29) is 17.1 Å². The summed E-state index contributed by atoms with van der Waals surface area (Å²) in [6, 6.07) is 12.1. The van der Waals surface area contributed by atoms with Gasteiger partial charge in [-0.3, -0.25) is 4.79 Å². The number of likely N-dealkylation sites (tertiary alicyclic amines) is 1. The van der Waals surface area contributed by atoms with Crippen LogP contribution in [0.15, 0.2) is 60.9 Å². The van der Waals surface area contributed by atoms with E-state index in [1.54, 1.807) is 12.3 Å². The van der Waals surface area contributed by atoms with Crippen molar-refractivity contribution in [3.63, 3.8) is 0 Å². The van der Waals surface area contributed by atoms with Gasteiger partial charge in [-0.25, -0.2) is 9.97 Å². The maximum Gasteiger partial charge on any atom is 0.418 e. The van der Waals surface area contributed by atoms with Crippen molar-refractivity contribution in [3.05, 3.63) is 77.6 Å². The van der Waals surface area contributed by atoms with Gasteiger partial charge in [-0.15, -0.1) is 0 Å². The molecule has 1 aromatic carbocycles. The minimum absolute atomic E-state index is 0.125. The van der Waals surface area contributed by atoms with E-state index in [4.69, 9.17) is 4.74 Å². The van der Waals surface area contributed by atoms with Crippen LogP contribution in [0.5, 0.6) is 5.88 Å². The maximum atomic E-state index is 13.3. The number of pyridine rings is 2. The summed E-state index contributed by atoms with van der Waals surface area (Å²) in [6.07, 6.45) is -1.44. The molecule has 0 bridgehead atoms. The van der Waals surface area contributed by atoms with Crippen molar-refractivity contribution in [1.29, 1.82) is 0 Å². The number of carbonyl (C=O) groups is 1. The summed E-state index contributed by atoms with van der Waals surface area (Å²) < 4.78 is 45.8. The van der Waals surface area contributed by atoms with E-state index in [1.807, 2.05) is 12.1 Å². The van der Waals surface area contributed by atoms with Gasteiger partial charge in [-0.1, -0.05) is 12.1 Å². The maximum absolute atomic E-state index is 13.3. The monoisotopic (exact) mass is 499 g/mol. The number of rotatable bonds is 9. The van der Waals surface area contributed by atoms with Crippen LogP contribution in [0, 0.1) is 5.92 Å². The lowest BCUT2D eigenvalue weighted by Crippen LogP contribution is -2.52. The Morgan fingerprint density at radius 2 is 1.89 bits per heavy atom. The summed E-state index contributed by atoms with van der Waals surface area (Å²) in [5.41, 5.74) is -0.250. The number of anilines is 2. The molecule has 0 atom stereocenters. The fourth-order valence-electron chi connectivity index (χ4n) is 3.92. The average molecular weight is 500 g/mol. The topological polar surface area (TPSA) is 79.4 Å². The molecule has 0 radical (unpaired) electrons. The Balaban J connectivity index is 1.38. The van der Waals surface area contributed by atoms with Crippen molar-refractivity contribution in [2.75, 3.05) is 30.3 Å². The smallest absolute Gasteiger partial charge is 0.418 e. The van der Waals surface area contributed by atoms with Crippen LogP contribution in [0.1, 0.15) is 35.3 Å². The van der Waals surface area contributed by atoms with Gasteiger partial charge in [0.1, 0.15) is 5.82 Å². The summed E-state index contributed by atoms with van der Waals surface area (Å²) in [4.78, 5) is 23.7. The molecule has 0 saturated carbocycles. The van der Waals surface area contributed by atoms with Gasteiger partial charge in [0, 0.05) is 50.1 Å². The van der Waals surface area contributed by atoms with Crippen molar-refractivity contribution in [2.45, 2.75) is 32.6 Å². The van der Waals surface area contributed by atoms with Gasteiger partial charge >= 0.3 is 6.18 Å². The Hall–Kier alpha value is -3.66. The molecule has 1 aliphatic heterocycles. The highest BCUT2D eigenvalue weighted by molar-refractivity contribution is 6.07. The number of hydrogen-bond donors (Lipinski definition) is 2. The number of para-hydroxylation sites is 1. The van der Waals surface area contributed by atoms with E-state index in [0.29, 0.717) is 31.0 Å². The van der Waals surface area contributed by atoms with Crippen molar-refractivity contribution in [1.82, 2.24) is 14.9 Å². The first kappa shape index (κ1) is 25.4. The second-order valence-corrected chi connectivity index (χ2v) is 8.98. The quantitative estimate of drug-likeness (QED) is 0.428. The highest BCUT2D eigenvalue weighted by Crippen LogP contribution is 2.35. The second-order valence-electron chi connectivity index (χ2n) is 8.98. The fourth-order valence-corrected chi connectivity index (χ4v) is 3.92. The van der Waals surface area contributed by atoms with Crippen LogP contribution in [0.3, 0.4) is 0 Å². The highest BCUT2D eigenvalue weighted by atomic mass is 19.4. The molecule has 36 heavy (non-hydrogen) atoms. The summed E-state index contributed by atoms with van der Waals surface area (Å²) in [7, 11) is 0. The summed E-state index contributed by atoms with van der Waals surface area (Å²) >= 11 is 0. The van der Waals surface area contributed by atoms with Crippen LogP contribution in [0.25, 0.3) is 0 Å². The molecule has 10 heteroatoms. The second kappa shape index (κ2) is 10.9. The van der Waals surface area contributed by atoms with E-state index in [9.17, 15) is 18.0 Å². The number of nitrogens with one attached hydrogen (secondary N) is 2. The van der Waals surface area contributed by atoms with Crippen LogP contribution in [-0.4, -0.2) is 46.5 Å². The third-order valence-electron chi connectivity index (χ3n) is 5.97. The number of hydrogen-bond acceptors (Lipinski definition) is 6. The largest absolute Gasteiger partial charge is 0.477 e. The first-order valence-corrected chi connectivity index (χ1v) is 11.7. The van der Waals surface area contributed by atoms with Crippen LogP contribution < -0.4 is 15.4 Å². The van der Waals surface area contributed by atoms with Crippen molar-refractivity contribution >= 4 is 17.4 Å². The first-order chi connectivity index (χ1) is 17.2. The van der Waals surface area contributed by atoms with Gasteiger partial charge in [0.2, 0.25) is 5.88 Å². The Bertz CT molecular complexity index is 1200. The Morgan fingerprint density at radius 3 is 2.64 bits per heavy atom. The van der Waals surface area contributed by atoms with Crippen molar-refractivity contribution in [2.24, 2.45) is 5.92 Å². The molecule has 0 unspecified atom stereocenters. The number of aromatic nitrogens is 2. The van der Waals surface area contributed by atoms with E-state index >= 15 is 0 Å². The molecule has 1 amide bonds. The molecule has 0 aliphatic carbocycles. The minimum atomic E-state index is -4.59. The van der Waals surface area contributed by atoms with E-state index in [2.05, 4.69) is 39.3 Å². The summed E-state index contributed by atoms with van der Waals surface area (Å²) in [5.74, 6) is 0.548. The van der Waals surface area contributed by atoms with Gasteiger partial charge in [0.25, 0.3) is 5.91 Å². The van der Waals surface area contributed by atoms with Crippen LogP contribution in [0.2, 0.25) is 0 Å². The van der Waals surface area contributed by atoms with Crippen LogP contribution in [0.4, 0.5) is 24.7 Å². The minimum Gasteiger partial charge on any atom is -0.477 e. The molecule has 1 fully saturated rings. The number of amides is 1. The lowest BCUT2D eigenvalue weighted by atomic mass is 9.99. The van der Waals surface area contributed by atoms with Crippen LogP contribution >= 0.6 is 0 Å². The Labute approximate surface area is 207 Å². The molecule has 7 nitrogen and oxygen atoms in total. The number of ether oxygens (including phenoxy) is 1. The predicted octanol–water partition coefficient (Wildman–Crippen LogP) is 5.08. The third kappa shape index (κ3) is 6.31. The van der Waals surface area contributed by atoms with E-state index in [0.717, 1.165) is 24.7 Å². The zero-order valence-electron chi connectivity index (χ0n) is 20.0. The van der Waals surface area contributed by atoms with Gasteiger partial charge in [-0.05, 0) is 49.7 Å². The zero-order chi connectivity index (χ0) is 25.7. The van der Waals surface area contributed by atoms with Gasteiger partial charge in [0.15, 0.2) is 0 Å². The molecule has 1 aliphatic rings. The molecular weight excluding hydrogens is 471 g/mol. The molecule has 2 aromatic heterocycles. The van der Waals surface area contributed by atoms with Gasteiger partial charge < -0.3 is 20.3 Å². The summed E-state index contributed by atoms with van der Waals surface area (Å²) in [6.45, 7) is 7.28. The molecule has 0 spiro atoms. The van der Waals surface area contributed by atoms with Crippen molar-refractivity contribution < 1.29 is 22.7 Å². The molecule has 2 N–H and O–H groups in total. The fraction of sp³-hybridized carbons (Fsp3) is 0.346. The number of benzene rings is 1. The molecule has 3 heterocycles. The summed E-state index contributed by atoms with van der Waals surface area (Å²) in [5, 5.41) is 5.45. The predicted molar refractivity (Wildman–Crippen MR) is 131 cm³/mol. The molecule has 1 saturated heterocycles. The SMILES string of the molecule is CC(C)N1CC(COc2cc(CNc3ncccc3C(=O)Nc3ccccc3C(F)(F)F)ccn2)C1.